The van der Waals surface area contributed by atoms with Gasteiger partial charge in [0, 0.05) is 6.42 Å². The molecule has 3 heterocycles. The van der Waals surface area contributed by atoms with E-state index in [0.29, 0.717) is 24.5 Å². The molecule has 2 aliphatic heterocycles. The Kier molecular flexibility index (Phi) is 3.23. The summed E-state index contributed by atoms with van der Waals surface area (Å²) in [5, 5.41) is 31.9. The molecule has 4 atom stereocenters. The molecule has 8 nitrogen and oxygen atoms in total. The predicted octanol–water partition coefficient (Wildman–Crippen LogP) is -3.49. The molecule has 3 rings (SSSR count). The number of anilines is 1. The van der Waals surface area contributed by atoms with Gasteiger partial charge in [-0.05, 0) is 0 Å². The van der Waals surface area contributed by atoms with Crippen molar-refractivity contribution in [1.29, 1.82) is 0 Å². The van der Waals surface area contributed by atoms with Crippen LogP contribution in [0.2, 0.25) is 0 Å². The third kappa shape index (κ3) is 2.12. The average molecular weight is 270 g/mol. The van der Waals surface area contributed by atoms with Gasteiger partial charge in [0.25, 0.3) is 5.82 Å². The number of β-amino-alcohol motifs (C(OH)–C–C–N with tert-alkyl or cyclic N) is 1. The van der Waals surface area contributed by atoms with E-state index in [1.54, 1.807) is 17.2 Å². The molecule has 0 radical (unpaired) electrons. The normalized spacial score (nSPS) is 33.8. The lowest BCUT2D eigenvalue weighted by Gasteiger charge is -2.11. The zero-order valence-electron chi connectivity index (χ0n) is 10.3. The molecule has 1 unspecified atom stereocenters. The summed E-state index contributed by atoms with van der Waals surface area (Å²) in [5.74, 6) is 0.688. The molecule has 0 amide bonds. The number of rotatable bonds is 2. The number of H-pyrrole nitrogens is 1. The third-order valence-corrected chi connectivity index (χ3v) is 3.52. The van der Waals surface area contributed by atoms with E-state index in [0.717, 1.165) is 0 Å². The first-order valence-corrected chi connectivity index (χ1v) is 6.27. The maximum Gasteiger partial charge on any atom is 0.296 e. The van der Waals surface area contributed by atoms with Crippen LogP contribution in [-0.4, -0.2) is 52.0 Å². The number of ether oxygens (including phenoxy) is 1. The van der Waals surface area contributed by atoms with Crippen LogP contribution in [0.4, 0.5) is 5.82 Å². The van der Waals surface area contributed by atoms with Crippen molar-refractivity contribution in [2.75, 3.05) is 18.5 Å². The van der Waals surface area contributed by atoms with Crippen molar-refractivity contribution < 1.29 is 29.6 Å². The smallest absolute Gasteiger partial charge is 0.296 e. The minimum atomic E-state index is -0.689. The standard InChI is InChI=1S/C11H16N4O4/c16-3-8-6(17)1-9(19-8)15-5-14-10-7(18)2-12-4-13-11(10)15/h4-9,16-18H,1-3H2,(H,12,13)/p+2/t6?,7-,8-,9-/m1/s1. The molecule has 1 aromatic rings. The lowest BCUT2D eigenvalue weighted by atomic mass is 10.2. The molecule has 0 aliphatic carbocycles. The fraction of sp³-hybridized carbons (Fsp3) is 0.636. The first kappa shape index (κ1) is 12.5. The second kappa shape index (κ2) is 4.89. The van der Waals surface area contributed by atoms with Gasteiger partial charge >= 0.3 is 0 Å². The van der Waals surface area contributed by atoms with Crippen LogP contribution in [0.1, 0.15) is 24.4 Å². The Morgan fingerprint density at radius 3 is 3.05 bits per heavy atom. The Morgan fingerprint density at radius 2 is 2.32 bits per heavy atom. The van der Waals surface area contributed by atoms with E-state index in [2.05, 4.69) is 15.3 Å². The summed E-state index contributed by atoms with van der Waals surface area (Å²) in [4.78, 5) is 5.93. The van der Waals surface area contributed by atoms with Gasteiger partial charge in [0.2, 0.25) is 6.34 Å². The highest BCUT2D eigenvalue weighted by molar-refractivity contribution is 5.69. The summed E-state index contributed by atoms with van der Waals surface area (Å²) >= 11 is 0. The van der Waals surface area contributed by atoms with Gasteiger partial charge < -0.3 is 20.1 Å². The van der Waals surface area contributed by atoms with Gasteiger partial charge in [-0.3, -0.25) is 9.98 Å². The number of nitrogens with zero attached hydrogens (tertiary/aromatic N) is 1. The van der Waals surface area contributed by atoms with Crippen LogP contribution in [0.3, 0.4) is 0 Å². The summed E-state index contributed by atoms with van der Waals surface area (Å²) in [6.07, 6.45) is 1.45. The molecular weight excluding hydrogens is 252 g/mol. The summed E-state index contributed by atoms with van der Waals surface area (Å²) in [7, 11) is 0. The number of aromatic amines is 1. The minimum absolute atomic E-state index is 0.214. The molecule has 0 bridgehead atoms. The molecule has 1 saturated heterocycles. The Bertz CT molecular complexity index is 489. The highest BCUT2D eigenvalue weighted by Gasteiger charge is 2.39. The fourth-order valence-electron chi connectivity index (χ4n) is 2.49. The maximum atomic E-state index is 9.95. The van der Waals surface area contributed by atoms with Gasteiger partial charge in [-0.1, -0.05) is 0 Å². The van der Waals surface area contributed by atoms with E-state index in [4.69, 9.17) is 9.84 Å². The quantitative estimate of drug-likeness (QED) is 0.312. The molecule has 0 saturated carbocycles. The second-order valence-electron chi connectivity index (χ2n) is 4.77. The van der Waals surface area contributed by atoms with Crippen LogP contribution in [0, 0.1) is 0 Å². The SMILES string of the molecule is OC[C@H]1O[C@@H]([n+]2c[nH]c3c2NC=[NH+]C[C@H]3O)CC1O. The van der Waals surface area contributed by atoms with Gasteiger partial charge in [0.15, 0.2) is 24.4 Å². The first-order valence-electron chi connectivity index (χ1n) is 6.27. The molecule has 2 aliphatic rings. The van der Waals surface area contributed by atoms with Gasteiger partial charge in [-0.15, -0.1) is 0 Å². The molecule has 6 N–H and O–H groups in total. The lowest BCUT2D eigenvalue weighted by Crippen LogP contribution is -2.71. The van der Waals surface area contributed by atoms with E-state index in [-0.39, 0.29) is 12.8 Å². The number of hydrogen-bond acceptors (Lipinski definition) is 5. The molecule has 0 spiro atoms. The van der Waals surface area contributed by atoms with Crippen molar-refractivity contribution >= 4 is 12.2 Å². The zero-order valence-corrected chi connectivity index (χ0v) is 10.3. The molecular formula is C11H18N4O4+2. The Morgan fingerprint density at radius 1 is 1.47 bits per heavy atom. The van der Waals surface area contributed by atoms with Crippen LogP contribution in [0.15, 0.2) is 6.33 Å². The highest BCUT2D eigenvalue weighted by Crippen LogP contribution is 2.27. The van der Waals surface area contributed by atoms with E-state index in [9.17, 15) is 10.2 Å². The number of nitrogens with one attached hydrogen (secondary N) is 3. The molecule has 8 heteroatoms. The van der Waals surface area contributed by atoms with Crippen LogP contribution in [0.25, 0.3) is 0 Å². The van der Waals surface area contributed by atoms with Crippen LogP contribution >= 0.6 is 0 Å². The third-order valence-electron chi connectivity index (χ3n) is 3.52. The van der Waals surface area contributed by atoms with E-state index in [1.165, 1.54) is 0 Å². The molecule has 104 valence electrons. The molecule has 0 aromatic carbocycles. The number of imidazole rings is 1. The van der Waals surface area contributed by atoms with Crippen molar-refractivity contribution in [3.8, 4) is 0 Å². The average Bonchev–Trinajstić information content (AvgIpc) is 2.93. The van der Waals surface area contributed by atoms with Crippen molar-refractivity contribution in [2.45, 2.75) is 31.0 Å². The minimum Gasteiger partial charge on any atom is -0.394 e. The molecule has 1 fully saturated rings. The van der Waals surface area contributed by atoms with Gasteiger partial charge in [-0.25, -0.2) is 9.88 Å². The molecule has 19 heavy (non-hydrogen) atoms. The van der Waals surface area contributed by atoms with Crippen LogP contribution in [-0.2, 0) is 4.74 Å². The number of fused-ring (bicyclic) bond motifs is 1. The predicted molar refractivity (Wildman–Crippen MR) is 63.1 cm³/mol. The van der Waals surface area contributed by atoms with E-state index in [1.807, 2.05) is 0 Å². The fourth-order valence-corrected chi connectivity index (χ4v) is 2.49. The van der Waals surface area contributed by atoms with Crippen LogP contribution < -0.4 is 14.9 Å². The Hall–Kier alpha value is -1.48. The Balaban J connectivity index is 1.89. The number of hydrogen-bond donors (Lipinski definition) is 6. The van der Waals surface area contributed by atoms with Gasteiger partial charge in [0.05, 0.1) is 12.7 Å². The van der Waals surface area contributed by atoms with E-state index >= 15 is 0 Å². The molecule has 1 aromatic heterocycles. The summed E-state index contributed by atoms with van der Waals surface area (Å²) in [6.45, 7) is 0.197. The number of aliphatic hydroxyl groups excluding tert-OH is 3. The summed E-state index contributed by atoms with van der Waals surface area (Å²) in [5.41, 5.74) is 0.659. The largest absolute Gasteiger partial charge is 0.394 e. The van der Waals surface area contributed by atoms with Crippen molar-refractivity contribution in [3.63, 3.8) is 0 Å². The maximum absolute atomic E-state index is 9.95. The van der Waals surface area contributed by atoms with Crippen molar-refractivity contribution in [1.82, 2.24) is 4.98 Å². The number of aliphatic hydroxyl groups is 3. The Labute approximate surface area is 109 Å². The zero-order chi connectivity index (χ0) is 13.4. The van der Waals surface area contributed by atoms with Crippen LogP contribution in [0.5, 0.6) is 0 Å². The highest BCUT2D eigenvalue weighted by atomic mass is 16.5. The topological polar surface area (TPSA) is 116 Å². The van der Waals surface area contributed by atoms with Crippen molar-refractivity contribution in [2.24, 2.45) is 0 Å². The summed E-state index contributed by atoms with van der Waals surface area (Å²) < 4.78 is 7.38. The lowest BCUT2D eigenvalue weighted by molar-refractivity contribution is -0.746. The van der Waals surface area contributed by atoms with Crippen molar-refractivity contribution in [3.05, 3.63) is 12.0 Å². The monoisotopic (exact) mass is 270 g/mol. The summed E-state index contributed by atoms with van der Waals surface area (Å²) in [6, 6.07) is 0. The number of aromatic nitrogens is 2. The first-order chi connectivity index (χ1) is 9.20. The second-order valence-corrected chi connectivity index (χ2v) is 4.77. The van der Waals surface area contributed by atoms with Gasteiger partial charge in [-0.2, -0.15) is 0 Å². The van der Waals surface area contributed by atoms with E-state index < -0.39 is 18.3 Å². The van der Waals surface area contributed by atoms with Gasteiger partial charge in [0.1, 0.15) is 12.6 Å².